The quantitative estimate of drug-likeness (QED) is 0.866. The number of halogens is 2. The van der Waals surface area contributed by atoms with Crippen molar-refractivity contribution in [2.45, 2.75) is 44.2 Å². The molecule has 3 amide bonds. The van der Waals surface area contributed by atoms with Crippen LogP contribution < -0.4 is 5.32 Å². The second-order valence-electron chi connectivity index (χ2n) is 6.22. The summed E-state index contributed by atoms with van der Waals surface area (Å²) < 4.78 is 13.8. The molecule has 134 valence electrons. The SMILES string of the molecule is O=C(Cc1c(F)cccc1Cl)NC1CCCCC1N1C(=O)CSC1=O. The lowest BCUT2D eigenvalue weighted by Gasteiger charge is -2.36. The molecular formula is C17H18ClFN2O3S. The van der Waals surface area contributed by atoms with Crippen LogP contribution in [0.3, 0.4) is 0 Å². The Kier molecular flexibility index (Phi) is 5.64. The summed E-state index contributed by atoms with van der Waals surface area (Å²) in [5, 5.41) is 2.82. The molecule has 0 spiro atoms. The van der Waals surface area contributed by atoms with Crippen LogP contribution >= 0.6 is 23.4 Å². The Morgan fingerprint density at radius 2 is 2.08 bits per heavy atom. The summed E-state index contributed by atoms with van der Waals surface area (Å²) in [6, 6.07) is 3.65. The Labute approximate surface area is 154 Å². The summed E-state index contributed by atoms with van der Waals surface area (Å²) in [5.41, 5.74) is 0.151. The average Bonchev–Trinajstić information content (AvgIpc) is 2.90. The first kappa shape index (κ1) is 18.2. The largest absolute Gasteiger partial charge is 0.351 e. The van der Waals surface area contributed by atoms with E-state index in [1.165, 1.54) is 23.1 Å². The van der Waals surface area contributed by atoms with E-state index in [1.54, 1.807) is 0 Å². The molecule has 1 saturated carbocycles. The van der Waals surface area contributed by atoms with E-state index in [0.717, 1.165) is 24.6 Å². The van der Waals surface area contributed by atoms with E-state index in [0.29, 0.717) is 12.8 Å². The number of amides is 3. The smallest absolute Gasteiger partial charge is 0.289 e. The Balaban J connectivity index is 1.70. The van der Waals surface area contributed by atoms with E-state index in [2.05, 4.69) is 5.32 Å². The van der Waals surface area contributed by atoms with E-state index in [4.69, 9.17) is 11.6 Å². The molecule has 0 aromatic heterocycles. The first-order valence-corrected chi connectivity index (χ1v) is 9.55. The molecule has 1 aromatic carbocycles. The zero-order valence-electron chi connectivity index (χ0n) is 13.5. The second kappa shape index (κ2) is 7.74. The number of nitrogens with zero attached hydrogens (tertiary/aromatic N) is 1. The van der Waals surface area contributed by atoms with Crippen molar-refractivity contribution >= 4 is 40.4 Å². The molecule has 1 N–H and O–H groups in total. The fourth-order valence-electron chi connectivity index (χ4n) is 3.39. The molecule has 1 aromatic rings. The number of carbonyl (C=O) groups is 3. The van der Waals surface area contributed by atoms with Crippen LogP contribution in [0, 0.1) is 5.82 Å². The van der Waals surface area contributed by atoms with E-state index in [9.17, 15) is 18.8 Å². The van der Waals surface area contributed by atoms with Crippen molar-refractivity contribution in [1.82, 2.24) is 10.2 Å². The number of hydrogen-bond donors (Lipinski definition) is 1. The summed E-state index contributed by atoms with van der Waals surface area (Å²) in [6.45, 7) is 0. The van der Waals surface area contributed by atoms with Gasteiger partial charge in [-0.05, 0) is 25.0 Å². The van der Waals surface area contributed by atoms with Gasteiger partial charge in [0.1, 0.15) is 5.82 Å². The Morgan fingerprint density at radius 1 is 1.32 bits per heavy atom. The molecule has 2 fully saturated rings. The fraction of sp³-hybridized carbons (Fsp3) is 0.471. The van der Waals surface area contributed by atoms with Crippen molar-refractivity contribution < 1.29 is 18.8 Å². The molecular weight excluding hydrogens is 367 g/mol. The topological polar surface area (TPSA) is 66.5 Å². The predicted molar refractivity (Wildman–Crippen MR) is 94.0 cm³/mol. The number of benzene rings is 1. The summed E-state index contributed by atoms with van der Waals surface area (Å²) in [4.78, 5) is 37.6. The predicted octanol–water partition coefficient (Wildman–Crippen LogP) is 3.14. The minimum absolute atomic E-state index is 0.151. The Hall–Kier alpha value is -1.60. The van der Waals surface area contributed by atoms with E-state index in [1.807, 2.05) is 0 Å². The lowest BCUT2D eigenvalue weighted by atomic mass is 9.89. The highest BCUT2D eigenvalue weighted by molar-refractivity contribution is 8.14. The Bertz CT molecular complexity index is 679. The molecule has 8 heteroatoms. The number of carbonyl (C=O) groups excluding carboxylic acids is 3. The van der Waals surface area contributed by atoms with Crippen molar-refractivity contribution in [2.75, 3.05) is 5.75 Å². The number of rotatable bonds is 4. The van der Waals surface area contributed by atoms with Crippen LogP contribution in [-0.4, -0.2) is 39.8 Å². The van der Waals surface area contributed by atoms with Gasteiger partial charge in [0.2, 0.25) is 11.8 Å². The molecule has 25 heavy (non-hydrogen) atoms. The molecule has 0 radical (unpaired) electrons. The number of thioether (sulfide) groups is 1. The fourth-order valence-corrected chi connectivity index (χ4v) is 4.39. The van der Waals surface area contributed by atoms with Crippen LogP contribution in [0.15, 0.2) is 18.2 Å². The average molecular weight is 385 g/mol. The Morgan fingerprint density at radius 3 is 2.76 bits per heavy atom. The van der Waals surface area contributed by atoms with Crippen molar-refractivity contribution in [3.63, 3.8) is 0 Å². The third kappa shape index (κ3) is 3.98. The maximum Gasteiger partial charge on any atom is 0.289 e. The zero-order valence-corrected chi connectivity index (χ0v) is 15.0. The van der Waals surface area contributed by atoms with Gasteiger partial charge in [0.05, 0.1) is 18.2 Å². The summed E-state index contributed by atoms with van der Waals surface area (Å²) in [7, 11) is 0. The minimum Gasteiger partial charge on any atom is -0.351 e. The summed E-state index contributed by atoms with van der Waals surface area (Å²) in [5.74, 6) is -0.945. The molecule has 1 aliphatic carbocycles. The van der Waals surface area contributed by atoms with E-state index >= 15 is 0 Å². The third-order valence-corrected chi connectivity index (χ3v) is 5.78. The van der Waals surface area contributed by atoms with Crippen LogP contribution in [0.25, 0.3) is 0 Å². The van der Waals surface area contributed by atoms with Crippen molar-refractivity contribution in [1.29, 1.82) is 0 Å². The molecule has 2 aliphatic rings. The second-order valence-corrected chi connectivity index (χ2v) is 7.55. The van der Waals surface area contributed by atoms with Crippen molar-refractivity contribution in [3.05, 3.63) is 34.6 Å². The molecule has 2 atom stereocenters. The van der Waals surface area contributed by atoms with Gasteiger partial charge < -0.3 is 5.32 Å². The van der Waals surface area contributed by atoms with Crippen LogP contribution in [0.5, 0.6) is 0 Å². The molecule has 1 saturated heterocycles. The highest BCUT2D eigenvalue weighted by Crippen LogP contribution is 2.30. The van der Waals surface area contributed by atoms with Crippen LogP contribution in [-0.2, 0) is 16.0 Å². The molecule has 3 rings (SSSR count). The van der Waals surface area contributed by atoms with Gasteiger partial charge in [0, 0.05) is 16.6 Å². The van der Waals surface area contributed by atoms with Gasteiger partial charge in [-0.25, -0.2) is 4.39 Å². The summed E-state index contributed by atoms with van der Waals surface area (Å²) in [6.07, 6.45) is 2.99. The first-order valence-electron chi connectivity index (χ1n) is 8.18. The maximum atomic E-state index is 13.8. The van der Waals surface area contributed by atoms with Gasteiger partial charge in [0.15, 0.2) is 0 Å². The maximum absolute atomic E-state index is 13.8. The lowest BCUT2D eigenvalue weighted by molar-refractivity contribution is -0.129. The molecule has 1 aliphatic heterocycles. The molecule has 5 nitrogen and oxygen atoms in total. The highest BCUT2D eigenvalue weighted by atomic mass is 35.5. The minimum atomic E-state index is -0.524. The van der Waals surface area contributed by atoms with Gasteiger partial charge in [-0.15, -0.1) is 0 Å². The monoisotopic (exact) mass is 384 g/mol. The van der Waals surface area contributed by atoms with E-state index < -0.39 is 5.82 Å². The van der Waals surface area contributed by atoms with Gasteiger partial charge in [-0.3, -0.25) is 19.3 Å². The van der Waals surface area contributed by atoms with Crippen molar-refractivity contribution in [3.8, 4) is 0 Å². The highest BCUT2D eigenvalue weighted by Gasteiger charge is 2.41. The van der Waals surface area contributed by atoms with E-state index in [-0.39, 0.29) is 51.9 Å². The standard InChI is InChI=1S/C17H18ClFN2O3S/c18-11-4-3-5-12(19)10(11)8-15(22)20-13-6-1-2-7-14(13)21-16(23)9-25-17(21)24/h3-5,13-14H,1-2,6-9H2,(H,20,22). The number of hydrogen-bond acceptors (Lipinski definition) is 4. The van der Waals surface area contributed by atoms with Gasteiger partial charge in [-0.2, -0.15) is 0 Å². The zero-order chi connectivity index (χ0) is 18.0. The van der Waals surface area contributed by atoms with Gasteiger partial charge in [0.25, 0.3) is 5.24 Å². The normalized spacial score (nSPS) is 23.8. The van der Waals surface area contributed by atoms with Gasteiger partial charge >= 0.3 is 0 Å². The molecule has 1 heterocycles. The third-order valence-electron chi connectivity index (χ3n) is 4.59. The number of imide groups is 1. The van der Waals surface area contributed by atoms with Crippen LogP contribution in [0.1, 0.15) is 31.2 Å². The van der Waals surface area contributed by atoms with Crippen LogP contribution in [0.4, 0.5) is 9.18 Å². The van der Waals surface area contributed by atoms with Crippen molar-refractivity contribution in [2.24, 2.45) is 0 Å². The first-order chi connectivity index (χ1) is 12.0. The summed E-state index contributed by atoms with van der Waals surface area (Å²) >= 11 is 6.96. The lowest BCUT2D eigenvalue weighted by Crippen LogP contribution is -2.55. The number of nitrogens with one attached hydrogen (secondary N) is 1. The molecule has 2 unspecified atom stereocenters. The molecule has 0 bridgehead atoms. The van der Waals surface area contributed by atoms with Crippen LogP contribution in [0.2, 0.25) is 5.02 Å². The van der Waals surface area contributed by atoms with Gasteiger partial charge in [-0.1, -0.05) is 42.3 Å².